The summed E-state index contributed by atoms with van der Waals surface area (Å²) in [7, 11) is -3.58. The summed E-state index contributed by atoms with van der Waals surface area (Å²) in [4.78, 5) is 27.6. The fourth-order valence-corrected chi connectivity index (χ4v) is 6.01. The van der Waals surface area contributed by atoms with Crippen LogP contribution < -0.4 is 5.32 Å². The Morgan fingerprint density at radius 3 is 2.11 bits per heavy atom. The van der Waals surface area contributed by atoms with Gasteiger partial charge in [-0.05, 0) is 62.1 Å². The van der Waals surface area contributed by atoms with Crippen LogP contribution in [0.3, 0.4) is 0 Å². The minimum Gasteiger partial charge on any atom is -0.339 e. The van der Waals surface area contributed by atoms with Crippen LogP contribution in [0.2, 0.25) is 5.02 Å². The van der Waals surface area contributed by atoms with Crippen LogP contribution in [0, 0.1) is 5.92 Å². The van der Waals surface area contributed by atoms with Gasteiger partial charge in [0, 0.05) is 37.8 Å². The average molecular weight is 534 g/mol. The highest BCUT2D eigenvalue weighted by atomic mass is 35.5. The first-order valence-corrected chi connectivity index (χ1v) is 14.5. The molecular weight excluding hydrogens is 498 g/mol. The summed E-state index contributed by atoms with van der Waals surface area (Å²) in [5, 5.41) is 3.32. The number of hydrogen-bond donors (Lipinski definition) is 1. The first kappa shape index (κ1) is 28.2. The summed E-state index contributed by atoms with van der Waals surface area (Å²) in [5.74, 6) is -0.464. The molecule has 196 valence electrons. The molecule has 1 N–H and O–H groups in total. The lowest BCUT2D eigenvalue weighted by Gasteiger charge is -2.31. The molecule has 1 aliphatic rings. The number of benzene rings is 2. The van der Waals surface area contributed by atoms with Crippen LogP contribution in [0.5, 0.6) is 0 Å². The molecule has 0 aliphatic carbocycles. The predicted octanol–water partition coefficient (Wildman–Crippen LogP) is 5.42. The molecule has 7 nitrogen and oxygen atoms in total. The lowest BCUT2D eigenvalue weighted by atomic mass is 9.95. The van der Waals surface area contributed by atoms with Crippen LogP contribution in [-0.4, -0.2) is 55.6 Å². The van der Waals surface area contributed by atoms with Gasteiger partial charge in [-0.3, -0.25) is 9.59 Å². The number of nitrogens with one attached hydrogen (secondary N) is 1. The minimum absolute atomic E-state index is 0.122. The maximum atomic E-state index is 13.1. The summed E-state index contributed by atoms with van der Waals surface area (Å²) in [6.07, 6.45) is 4.60. The molecule has 2 amide bonds. The van der Waals surface area contributed by atoms with Crippen molar-refractivity contribution in [1.82, 2.24) is 9.21 Å². The van der Waals surface area contributed by atoms with Crippen LogP contribution in [0.25, 0.3) is 0 Å². The number of piperidine rings is 1. The number of likely N-dealkylation sites (tertiary alicyclic amines) is 1. The van der Waals surface area contributed by atoms with Gasteiger partial charge in [-0.2, -0.15) is 4.31 Å². The highest BCUT2D eigenvalue weighted by Gasteiger charge is 2.29. The van der Waals surface area contributed by atoms with Crippen LogP contribution in [-0.2, 0) is 14.8 Å². The molecule has 0 atom stereocenters. The Labute approximate surface area is 219 Å². The van der Waals surface area contributed by atoms with Crippen LogP contribution >= 0.6 is 11.6 Å². The number of carbonyl (C=O) groups is 2. The van der Waals surface area contributed by atoms with Crippen LogP contribution in [0.4, 0.5) is 5.69 Å². The van der Waals surface area contributed by atoms with E-state index < -0.39 is 10.0 Å². The van der Waals surface area contributed by atoms with Gasteiger partial charge in [-0.1, -0.05) is 50.4 Å². The Morgan fingerprint density at radius 2 is 1.56 bits per heavy atom. The Balaban J connectivity index is 1.57. The van der Waals surface area contributed by atoms with E-state index in [0.717, 1.165) is 25.7 Å². The molecule has 1 heterocycles. The van der Waals surface area contributed by atoms with E-state index in [0.29, 0.717) is 55.3 Å². The molecule has 1 aliphatic heterocycles. The molecular formula is C27H36ClN3O4S. The molecule has 2 aromatic carbocycles. The number of sulfonamides is 1. The van der Waals surface area contributed by atoms with Gasteiger partial charge in [-0.25, -0.2) is 8.42 Å². The molecule has 1 fully saturated rings. The third-order valence-corrected chi connectivity index (χ3v) is 8.78. The normalized spacial score (nSPS) is 14.7. The zero-order valence-electron chi connectivity index (χ0n) is 21.1. The lowest BCUT2D eigenvalue weighted by Crippen LogP contribution is -2.41. The van der Waals surface area contributed by atoms with E-state index in [-0.39, 0.29) is 22.6 Å². The van der Waals surface area contributed by atoms with Gasteiger partial charge in [0.25, 0.3) is 5.91 Å². The van der Waals surface area contributed by atoms with Crippen LogP contribution in [0.1, 0.15) is 62.7 Å². The van der Waals surface area contributed by atoms with Gasteiger partial charge in [-0.15, -0.1) is 0 Å². The molecule has 36 heavy (non-hydrogen) atoms. The van der Waals surface area contributed by atoms with E-state index in [1.807, 2.05) is 13.8 Å². The molecule has 0 saturated carbocycles. The fourth-order valence-electron chi connectivity index (χ4n) is 4.27. The molecule has 3 rings (SSSR count). The molecule has 0 radical (unpaired) electrons. The summed E-state index contributed by atoms with van der Waals surface area (Å²) in [6, 6.07) is 13.4. The van der Waals surface area contributed by atoms with Crippen molar-refractivity contribution in [3.8, 4) is 0 Å². The second kappa shape index (κ2) is 13.2. The van der Waals surface area contributed by atoms with Crippen molar-refractivity contribution >= 4 is 39.1 Å². The molecule has 0 bridgehead atoms. The third-order valence-electron chi connectivity index (χ3n) is 6.54. The monoisotopic (exact) mass is 533 g/mol. The van der Waals surface area contributed by atoms with E-state index in [1.165, 1.54) is 0 Å². The Kier molecular flexibility index (Phi) is 10.3. The summed E-state index contributed by atoms with van der Waals surface area (Å²) in [5.41, 5.74) is 1.03. The van der Waals surface area contributed by atoms with E-state index in [9.17, 15) is 18.0 Å². The number of halogens is 1. The second-order valence-corrected chi connectivity index (χ2v) is 11.5. The highest BCUT2D eigenvalue weighted by molar-refractivity contribution is 7.89. The first-order valence-electron chi connectivity index (χ1n) is 12.7. The number of anilines is 1. The summed E-state index contributed by atoms with van der Waals surface area (Å²) in [6.45, 7) is 6.06. The van der Waals surface area contributed by atoms with Gasteiger partial charge < -0.3 is 10.2 Å². The highest BCUT2D eigenvalue weighted by Crippen LogP contribution is 2.25. The molecule has 9 heteroatoms. The van der Waals surface area contributed by atoms with Gasteiger partial charge in [0.15, 0.2) is 0 Å². The van der Waals surface area contributed by atoms with Crippen molar-refractivity contribution < 1.29 is 18.0 Å². The molecule has 2 aromatic rings. The summed E-state index contributed by atoms with van der Waals surface area (Å²) >= 11 is 6.16. The van der Waals surface area contributed by atoms with Crippen molar-refractivity contribution in [2.75, 3.05) is 31.5 Å². The predicted molar refractivity (Wildman–Crippen MR) is 144 cm³/mol. The maximum absolute atomic E-state index is 13.1. The van der Waals surface area contributed by atoms with Crippen molar-refractivity contribution in [3.63, 3.8) is 0 Å². The minimum atomic E-state index is -3.58. The molecule has 0 aromatic heterocycles. The summed E-state index contributed by atoms with van der Waals surface area (Å²) < 4.78 is 27.8. The van der Waals surface area contributed by atoms with Crippen molar-refractivity contribution in [2.45, 2.75) is 57.3 Å². The largest absolute Gasteiger partial charge is 0.339 e. The first-order chi connectivity index (χ1) is 17.3. The van der Waals surface area contributed by atoms with Crippen molar-refractivity contribution in [2.24, 2.45) is 5.92 Å². The number of amides is 2. The molecule has 0 unspecified atom stereocenters. The zero-order valence-corrected chi connectivity index (χ0v) is 22.7. The van der Waals surface area contributed by atoms with E-state index in [2.05, 4.69) is 5.32 Å². The Hall–Kier alpha value is -2.42. The van der Waals surface area contributed by atoms with Gasteiger partial charge >= 0.3 is 0 Å². The molecule has 0 spiro atoms. The van der Waals surface area contributed by atoms with E-state index >= 15 is 0 Å². The number of carbonyl (C=O) groups excluding carboxylic acids is 2. The number of nitrogens with zero attached hydrogens (tertiary/aromatic N) is 2. The Bertz CT molecular complexity index is 1120. The smallest absolute Gasteiger partial charge is 0.255 e. The number of unbranched alkanes of at least 4 members (excludes halogenated alkanes) is 2. The van der Waals surface area contributed by atoms with Crippen LogP contribution in [0.15, 0.2) is 53.4 Å². The van der Waals surface area contributed by atoms with Crippen molar-refractivity contribution in [1.29, 1.82) is 0 Å². The van der Waals surface area contributed by atoms with Gasteiger partial charge in [0.1, 0.15) is 0 Å². The van der Waals surface area contributed by atoms with E-state index in [4.69, 9.17) is 11.6 Å². The molecule has 1 saturated heterocycles. The van der Waals surface area contributed by atoms with Crippen molar-refractivity contribution in [3.05, 3.63) is 59.1 Å². The SMILES string of the molecule is CCCCN(CCCC)S(=O)(=O)c1ccc(NC(=O)C2CCN(C(=O)c3ccccc3Cl)CC2)cc1. The quantitative estimate of drug-likeness (QED) is 0.417. The number of hydrogen-bond acceptors (Lipinski definition) is 4. The van der Waals surface area contributed by atoms with E-state index in [1.54, 1.807) is 57.7 Å². The lowest BCUT2D eigenvalue weighted by molar-refractivity contribution is -0.121. The fraction of sp³-hybridized carbons (Fsp3) is 0.481. The van der Waals surface area contributed by atoms with Gasteiger partial charge in [0.2, 0.25) is 15.9 Å². The Morgan fingerprint density at radius 1 is 0.972 bits per heavy atom. The standard InChI is InChI=1S/C27H36ClN3O4S/c1-3-5-17-31(18-6-4-2)36(34,35)23-13-11-22(12-14-23)29-26(32)21-15-19-30(20-16-21)27(33)24-9-7-8-10-25(24)28/h7-14,21H,3-6,15-20H2,1-2H3,(H,29,32). The maximum Gasteiger partial charge on any atom is 0.255 e. The average Bonchev–Trinajstić information content (AvgIpc) is 2.89. The number of rotatable bonds is 11. The zero-order chi connectivity index (χ0) is 26.1. The second-order valence-electron chi connectivity index (χ2n) is 9.17. The van der Waals surface area contributed by atoms with Gasteiger partial charge in [0.05, 0.1) is 15.5 Å². The topological polar surface area (TPSA) is 86.8 Å². The third kappa shape index (κ3) is 7.08.